The van der Waals surface area contributed by atoms with Crippen LogP contribution in [0.2, 0.25) is 0 Å². The lowest BCUT2D eigenvalue weighted by Gasteiger charge is -2.24. The summed E-state index contributed by atoms with van der Waals surface area (Å²) in [6.45, 7) is 8.88. The largest absolute Gasteiger partial charge is 0.383 e. The Morgan fingerprint density at radius 1 is 1.35 bits per heavy atom. The number of aryl methyl sites for hydroxylation is 1. The number of benzene rings is 1. The molecule has 0 aliphatic rings. The summed E-state index contributed by atoms with van der Waals surface area (Å²) in [6, 6.07) is 6.16. The Kier molecular flexibility index (Phi) is 6.52. The van der Waals surface area contributed by atoms with Gasteiger partial charge in [0.1, 0.15) is 0 Å². The summed E-state index contributed by atoms with van der Waals surface area (Å²) >= 11 is 0. The van der Waals surface area contributed by atoms with Crippen molar-refractivity contribution in [1.29, 1.82) is 0 Å². The number of amides is 1. The van der Waals surface area contributed by atoms with Gasteiger partial charge in [-0.3, -0.25) is 4.79 Å². The normalized spacial score (nSPS) is 12.3. The van der Waals surface area contributed by atoms with Crippen LogP contribution < -0.4 is 10.6 Å². The van der Waals surface area contributed by atoms with E-state index in [-0.39, 0.29) is 11.9 Å². The molecular formula is C16H26N2O2. The van der Waals surface area contributed by atoms with Crippen molar-refractivity contribution in [1.82, 2.24) is 0 Å². The number of rotatable bonds is 7. The SMILES string of the molecule is CCC(=O)Nc1ccc(C)c(NC(COC)C(C)C)c1. The van der Waals surface area contributed by atoms with Crippen LogP contribution in [0.4, 0.5) is 11.4 Å². The number of methoxy groups -OCH3 is 1. The topological polar surface area (TPSA) is 50.4 Å². The number of hydrogen-bond acceptors (Lipinski definition) is 3. The maximum atomic E-state index is 11.5. The van der Waals surface area contributed by atoms with E-state index in [0.29, 0.717) is 18.9 Å². The fraction of sp³-hybridized carbons (Fsp3) is 0.562. The Hall–Kier alpha value is -1.55. The van der Waals surface area contributed by atoms with Gasteiger partial charge in [-0.15, -0.1) is 0 Å². The molecule has 0 fully saturated rings. The lowest BCUT2D eigenvalue weighted by atomic mass is 10.0. The first-order valence-electron chi connectivity index (χ1n) is 7.13. The average molecular weight is 278 g/mol. The molecule has 1 rings (SSSR count). The minimum absolute atomic E-state index is 0.0251. The van der Waals surface area contributed by atoms with Crippen LogP contribution in [0, 0.1) is 12.8 Å². The first-order valence-corrected chi connectivity index (χ1v) is 7.13. The van der Waals surface area contributed by atoms with Crippen LogP contribution in [-0.4, -0.2) is 25.7 Å². The van der Waals surface area contributed by atoms with Crippen molar-refractivity contribution < 1.29 is 9.53 Å². The second-order valence-electron chi connectivity index (χ2n) is 5.38. The van der Waals surface area contributed by atoms with Crippen LogP contribution in [0.25, 0.3) is 0 Å². The van der Waals surface area contributed by atoms with Crippen molar-refractivity contribution in [2.75, 3.05) is 24.4 Å². The third-order valence-electron chi connectivity index (χ3n) is 3.33. The molecule has 1 atom stereocenters. The standard InChI is InChI=1S/C16H26N2O2/c1-6-16(19)17-13-8-7-12(4)14(9-13)18-15(10-20-5)11(2)3/h7-9,11,15,18H,6,10H2,1-5H3,(H,17,19). The van der Waals surface area contributed by atoms with Crippen molar-refractivity contribution in [2.45, 2.75) is 40.2 Å². The molecule has 0 aromatic heterocycles. The molecular weight excluding hydrogens is 252 g/mol. The molecule has 1 amide bonds. The third-order valence-corrected chi connectivity index (χ3v) is 3.33. The minimum atomic E-state index is 0.0251. The Labute approximate surface area is 121 Å². The van der Waals surface area contributed by atoms with E-state index in [4.69, 9.17) is 4.74 Å². The maximum Gasteiger partial charge on any atom is 0.224 e. The number of hydrogen-bond donors (Lipinski definition) is 2. The monoisotopic (exact) mass is 278 g/mol. The van der Waals surface area contributed by atoms with Gasteiger partial charge in [0, 0.05) is 24.9 Å². The molecule has 1 unspecified atom stereocenters. The van der Waals surface area contributed by atoms with Crippen molar-refractivity contribution in [3.8, 4) is 0 Å². The van der Waals surface area contributed by atoms with Crippen molar-refractivity contribution in [3.63, 3.8) is 0 Å². The second kappa shape index (κ2) is 7.90. The van der Waals surface area contributed by atoms with Gasteiger partial charge in [0.15, 0.2) is 0 Å². The quantitative estimate of drug-likeness (QED) is 0.803. The highest BCUT2D eigenvalue weighted by molar-refractivity contribution is 5.91. The Balaban J connectivity index is 2.87. The fourth-order valence-electron chi connectivity index (χ4n) is 1.88. The molecule has 0 bridgehead atoms. The Morgan fingerprint density at radius 2 is 2.05 bits per heavy atom. The highest BCUT2D eigenvalue weighted by atomic mass is 16.5. The molecule has 4 heteroatoms. The molecule has 0 saturated heterocycles. The molecule has 2 N–H and O–H groups in total. The molecule has 0 radical (unpaired) electrons. The van der Waals surface area contributed by atoms with Gasteiger partial charge in [0.2, 0.25) is 5.91 Å². The summed E-state index contributed by atoms with van der Waals surface area (Å²) in [5.74, 6) is 0.486. The van der Waals surface area contributed by atoms with E-state index in [9.17, 15) is 4.79 Å². The first kappa shape index (κ1) is 16.5. The summed E-state index contributed by atoms with van der Waals surface area (Å²) in [4.78, 5) is 11.5. The van der Waals surface area contributed by atoms with E-state index < -0.39 is 0 Å². The van der Waals surface area contributed by atoms with Crippen LogP contribution >= 0.6 is 0 Å². The zero-order chi connectivity index (χ0) is 15.1. The number of carbonyl (C=O) groups is 1. The zero-order valence-corrected chi connectivity index (χ0v) is 13.1. The van der Waals surface area contributed by atoms with Crippen LogP contribution in [0.5, 0.6) is 0 Å². The lowest BCUT2D eigenvalue weighted by molar-refractivity contribution is -0.115. The summed E-state index contributed by atoms with van der Waals surface area (Å²) in [5.41, 5.74) is 3.01. The third kappa shape index (κ3) is 4.85. The number of nitrogens with one attached hydrogen (secondary N) is 2. The van der Waals surface area contributed by atoms with Gasteiger partial charge in [-0.1, -0.05) is 26.8 Å². The van der Waals surface area contributed by atoms with E-state index in [1.54, 1.807) is 7.11 Å². The van der Waals surface area contributed by atoms with Crippen molar-refractivity contribution in [3.05, 3.63) is 23.8 Å². The molecule has 112 valence electrons. The highest BCUT2D eigenvalue weighted by Crippen LogP contribution is 2.22. The van der Waals surface area contributed by atoms with Gasteiger partial charge in [-0.05, 0) is 30.5 Å². The predicted octanol–water partition coefficient (Wildman–Crippen LogP) is 3.43. The second-order valence-corrected chi connectivity index (χ2v) is 5.38. The molecule has 0 aliphatic heterocycles. The van der Waals surface area contributed by atoms with Gasteiger partial charge in [0.05, 0.1) is 12.6 Å². The molecule has 0 aliphatic carbocycles. The first-order chi connectivity index (χ1) is 9.47. The van der Waals surface area contributed by atoms with Gasteiger partial charge >= 0.3 is 0 Å². The average Bonchev–Trinajstić information content (AvgIpc) is 2.41. The van der Waals surface area contributed by atoms with E-state index in [1.807, 2.05) is 25.1 Å². The van der Waals surface area contributed by atoms with E-state index in [0.717, 1.165) is 16.9 Å². The van der Waals surface area contributed by atoms with Crippen LogP contribution in [0.15, 0.2) is 18.2 Å². The number of anilines is 2. The van der Waals surface area contributed by atoms with E-state index in [2.05, 4.69) is 31.4 Å². The minimum Gasteiger partial charge on any atom is -0.383 e. The van der Waals surface area contributed by atoms with Crippen LogP contribution in [0.1, 0.15) is 32.8 Å². The van der Waals surface area contributed by atoms with Crippen LogP contribution in [-0.2, 0) is 9.53 Å². The number of ether oxygens (including phenoxy) is 1. The molecule has 1 aromatic carbocycles. The lowest BCUT2D eigenvalue weighted by Crippen LogP contribution is -2.30. The molecule has 1 aromatic rings. The van der Waals surface area contributed by atoms with Gasteiger partial charge in [-0.25, -0.2) is 0 Å². The zero-order valence-electron chi connectivity index (χ0n) is 13.1. The maximum absolute atomic E-state index is 11.5. The van der Waals surface area contributed by atoms with E-state index >= 15 is 0 Å². The molecule has 0 heterocycles. The van der Waals surface area contributed by atoms with Crippen molar-refractivity contribution in [2.24, 2.45) is 5.92 Å². The molecule has 20 heavy (non-hydrogen) atoms. The van der Waals surface area contributed by atoms with Crippen molar-refractivity contribution >= 4 is 17.3 Å². The summed E-state index contributed by atoms with van der Waals surface area (Å²) in [7, 11) is 1.71. The highest BCUT2D eigenvalue weighted by Gasteiger charge is 2.14. The van der Waals surface area contributed by atoms with Gasteiger partial charge in [0.25, 0.3) is 0 Å². The fourth-order valence-corrected chi connectivity index (χ4v) is 1.88. The Bertz CT molecular complexity index is 444. The van der Waals surface area contributed by atoms with E-state index in [1.165, 1.54) is 0 Å². The number of carbonyl (C=O) groups excluding carboxylic acids is 1. The molecule has 0 spiro atoms. The molecule has 4 nitrogen and oxygen atoms in total. The van der Waals surface area contributed by atoms with Crippen LogP contribution in [0.3, 0.4) is 0 Å². The van der Waals surface area contributed by atoms with Gasteiger partial charge in [-0.2, -0.15) is 0 Å². The van der Waals surface area contributed by atoms with Gasteiger partial charge < -0.3 is 15.4 Å². The summed E-state index contributed by atoms with van der Waals surface area (Å²) in [5, 5.41) is 6.39. The summed E-state index contributed by atoms with van der Waals surface area (Å²) in [6.07, 6.45) is 0.481. The predicted molar refractivity (Wildman–Crippen MR) is 84.2 cm³/mol. The molecule has 0 saturated carbocycles. The Morgan fingerprint density at radius 3 is 2.60 bits per heavy atom. The summed E-state index contributed by atoms with van der Waals surface area (Å²) < 4.78 is 5.26. The smallest absolute Gasteiger partial charge is 0.224 e.